The van der Waals surface area contributed by atoms with Crippen LogP contribution in [-0.2, 0) is 4.79 Å². The number of nitrogens with zero attached hydrogens (tertiary/aromatic N) is 1. The van der Waals surface area contributed by atoms with Crippen LogP contribution in [0.2, 0.25) is 0 Å². The Hall–Kier alpha value is -0.610. The van der Waals surface area contributed by atoms with Crippen molar-refractivity contribution in [1.82, 2.24) is 10.2 Å². The number of carbonyl (C=O) groups is 1. The molecule has 0 spiro atoms. The minimum Gasteiger partial charge on any atom is -0.355 e. The molecule has 0 aliphatic rings. The maximum absolute atomic E-state index is 11.1. The van der Waals surface area contributed by atoms with Gasteiger partial charge in [-0.2, -0.15) is 0 Å². The Balaban J connectivity index is 3.43. The van der Waals surface area contributed by atoms with Gasteiger partial charge in [-0.1, -0.05) is 0 Å². The van der Waals surface area contributed by atoms with Gasteiger partial charge in [-0.15, -0.1) is 0 Å². The van der Waals surface area contributed by atoms with Crippen LogP contribution in [0.4, 0.5) is 0 Å². The van der Waals surface area contributed by atoms with Crippen molar-refractivity contribution in [3.8, 4) is 0 Å². The molecule has 0 radical (unpaired) electrons. The molecule has 0 heterocycles. The maximum Gasteiger partial charge on any atom is 0.236 e. The van der Waals surface area contributed by atoms with E-state index in [0.29, 0.717) is 12.6 Å². The van der Waals surface area contributed by atoms with Gasteiger partial charge in [0.15, 0.2) is 0 Å². The topological polar surface area (TPSA) is 58.4 Å². The smallest absolute Gasteiger partial charge is 0.236 e. The summed E-state index contributed by atoms with van der Waals surface area (Å²) in [4.78, 5) is 13.3. The fourth-order valence-electron chi connectivity index (χ4n) is 0.959. The highest BCUT2D eigenvalue weighted by molar-refractivity contribution is 5.80. The molecule has 0 unspecified atom stereocenters. The molecule has 0 aliphatic heterocycles. The van der Waals surface area contributed by atoms with Crippen LogP contribution in [0.15, 0.2) is 0 Å². The van der Waals surface area contributed by atoms with Crippen LogP contribution in [0.5, 0.6) is 0 Å². The maximum atomic E-state index is 11.1. The molecule has 0 aliphatic carbocycles. The zero-order valence-corrected chi connectivity index (χ0v) is 9.71. The number of carbonyl (C=O) groups excluding carboxylic acids is 1. The molecule has 84 valence electrons. The first-order valence-electron chi connectivity index (χ1n) is 5.18. The minimum atomic E-state index is -0.405. The summed E-state index contributed by atoms with van der Waals surface area (Å²) >= 11 is 0. The van der Waals surface area contributed by atoms with Crippen molar-refractivity contribution in [2.24, 2.45) is 5.73 Å². The van der Waals surface area contributed by atoms with Crippen molar-refractivity contribution in [3.05, 3.63) is 0 Å². The molecule has 14 heavy (non-hydrogen) atoms. The molecule has 4 heteroatoms. The summed E-state index contributed by atoms with van der Waals surface area (Å²) in [6, 6.07) is 0.150. The Morgan fingerprint density at radius 2 is 2.00 bits per heavy atom. The Morgan fingerprint density at radius 1 is 1.43 bits per heavy atom. The number of nitrogens with two attached hydrogens (primary N) is 1. The molecule has 0 rings (SSSR count). The second kappa shape index (κ2) is 6.79. The average molecular weight is 201 g/mol. The first-order chi connectivity index (χ1) is 6.45. The number of rotatable bonds is 6. The van der Waals surface area contributed by atoms with Crippen LogP contribution in [-0.4, -0.2) is 43.0 Å². The third-order valence-corrected chi connectivity index (χ3v) is 2.28. The second-order valence-electron chi connectivity index (χ2n) is 4.01. The van der Waals surface area contributed by atoms with Gasteiger partial charge in [0.05, 0.1) is 6.04 Å². The molecule has 0 saturated carbocycles. The first kappa shape index (κ1) is 13.4. The predicted octanol–water partition coefficient (Wildman–Crippen LogP) is 0.180. The van der Waals surface area contributed by atoms with Crippen molar-refractivity contribution in [2.75, 3.05) is 20.1 Å². The Kier molecular flexibility index (Phi) is 6.49. The SMILES string of the molecule is CC(C)N(C)CCCNC(=O)[C@H](C)N. The van der Waals surface area contributed by atoms with E-state index < -0.39 is 6.04 Å². The lowest BCUT2D eigenvalue weighted by Gasteiger charge is -2.20. The molecular formula is C10H23N3O. The number of amides is 1. The van der Waals surface area contributed by atoms with E-state index in [1.807, 2.05) is 0 Å². The van der Waals surface area contributed by atoms with Gasteiger partial charge >= 0.3 is 0 Å². The molecule has 3 N–H and O–H groups in total. The van der Waals surface area contributed by atoms with Gasteiger partial charge in [-0.25, -0.2) is 0 Å². The summed E-state index contributed by atoms with van der Waals surface area (Å²) in [6.07, 6.45) is 0.965. The lowest BCUT2D eigenvalue weighted by atomic mass is 10.3. The van der Waals surface area contributed by atoms with Gasteiger partial charge in [0.2, 0.25) is 5.91 Å². The quantitative estimate of drug-likeness (QED) is 0.603. The van der Waals surface area contributed by atoms with Gasteiger partial charge in [0.1, 0.15) is 0 Å². The molecular weight excluding hydrogens is 178 g/mol. The zero-order valence-electron chi connectivity index (χ0n) is 9.71. The molecule has 0 bridgehead atoms. The lowest BCUT2D eigenvalue weighted by Crippen LogP contribution is -2.39. The Bertz CT molecular complexity index is 169. The van der Waals surface area contributed by atoms with Crippen molar-refractivity contribution in [1.29, 1.82) is 0 Å². The van der Waals surface area contributed by atoms with Gasteiger partial charge < -0.3 is 16.0 Å². The lowest BCUT2D eigenvalue weighted by molar-refractivity contribution is -0.121. The average Bonchev–Trinajstić information content (AvgIpc) is 2.11. The predicted molar refractivity (Wildman–Crippen MR) is 59.0 cm³/mol. The van der Waals surface area contributed by atoms with Gasteiger partial charge in [0, 0.05) is 12.6 Å². The Morgan fingerprint density at radius 3 is 2.43 bits per heavy atom. The van der Waals surface area contributed by atoms with E-state index in [1.165, 1.54) is 0 Å². The molecule has 0 saturated heterocycles. The molecule has 4 nitrogen and oxygen atoms in total. The number of nitrogens with one attached hydrogen (secondary N) is 1. The highest BCUT2D eigenvalue weighted by Gasteiger charge is 2.06. The molecule has 1 amide bonds. The highest BCUT2D eigenvalue weighted by atomic mass is 16.2. The summed E-state index contributed by atoms with van der Waals surface area (Å²) < 4.78 is 0. The van der Waals surface area contributed by atoms with Gasteiger partial charge in [-0.05, 0) is 40.8 Å². The van der Waals surface area contributed by atoms with Crippen molar-refractivity contribution < 1.29 is 4.79 Å². The van der Waals surface area contributed by atoms with E-state index in [0.717, 1.165) is 13.0 Å². The standard InChI is InChI=1S/C10H23N3O/c1-8(2)13(4)7-5-6-12-10(14)9(3)11/h8-9H,5-7,11H2,1-4H3,(H,12,14)/t9-/m0/s1. The van der Waals surface area contributed by atoms with E-state index in [-0.39, 0.29) is 5.91 Å². The summed E-state index contributed by atoms with van der Waals surface area (Å²) in [6.45, 7) is 7.70. The minimum absolute atomic E-state index is 0.0720. The fourth-order valence-corrected chi connectivity index (χ4v) is 0.959. The number of hydrogen-bond donors (Lipinski definition) is 2. The Labute approximate surface area is 86.8 Å². The van der Waals surface area contributed by atoms with Crippen LogP contribution < -0.4 is 11.1 Å². The van der Waals surface area contributed by atoms with Crippen LogP contribution in [0.1, 0.15) is 27.2 Å². The number of hydrogen-bond acceptors (Lipinski definition) is 3. The van der Waals surface area contributed by atoms with E-state index >= 15 is 0 Å². The summed E-state index contributed by atoms with van der Waals surface area (Å²) in [5, 5.41) is 2.79. The fraction of sp³-hybridized carbons (Fsp3) is 0.900. The van der Waals surface area contributed by atoms with Crippen molar-refractivity contribution in [3.63, 3.8) is 0 Å². The first-order valence-corrected chi connectivity index (χ1v) is 5.18. The molecule has 0 fully saturated rings. The van der Waals surface area contributed by atoms with E-state index in [9.17, 15) is 4.79 Å². The molecule has 1 atom stereocenters. The second-order valence-corrected chi connectivity index (χ2v) is 4.01. The van der Waals surface area contributed by atoms with Gasteiger partial charge in [-0.3, -0.25) is 4.79 Å². The monoisotopic (exact) mass is 201 g/mol. The molecule has 0 aromatic heterocycles. The zero-order chi connectivity index (χ0) is 11.1. The summed E-state index contributed by atoms with van der Waals surface area (Å²) in [7, 11) is 2.08. The molecule has 0 aromatic carbocycles. The third-order valence-electron chi connectivity index (χ3n) is 2.28. The molecule has 0 aromatic rings. The van der Waals surface area contributed by atoms with Crippen LogP contribution in [0.3, 0.4) is 0 Å². The van der Waals surface area contributed by atoms with E-state index in [1.54, 1.807) is 6.92 Å². The largest absolute Gasteiger partial charge is 0.355 e. The highest BCUT2D eigenvalue weighted by Crippen LogP contribution is 1.94. The van der Waals surface area contributed by atoms with Crippen molar-refractivity contribution >= 4 is 5.91 Å². The van der Waals surface area contributed by atoms with Crippen LogP contribution >= 0.6 is 0 Å². The van der Waals surface area contributed by atoms with Crippen LogP contribution in [0.25, 0.3) is 0 Å². The van der Waals surface area contributed by atoms with Gasteiger partial charge in [0.25, 0.3) is 0 Å². The normalized spacial score (nSPS) is 13.4. The van der Waals surface area contributed by atoms with Crippen LogP contribution in [0, 0.1) is 0 Å². The third kappa shape index (κ3) is 5.94. The summed E-state index contributed by atoms with van der Waals surface area (Å²) in [5.41, 5.74) is 5.40. The summed E-state index contributed by atoms with van der Waals surface area (Å²) in [5.74, 6) is -0.0720. The van der Waals surface area contributed by atoms with Crippen molar-refractivity contribution in [2.45, 2.75) is 39.3 Å². The van der Waals surface area contributed by atoms with E-state index in [2.05, 4.69) is 31.1 Å². The van der Waals surface area contributed by atoms with E-state index in [4.69, 9.17) is 5.73 Å².